The van der Waals surface area contributed by atoms with E-state index in [0.717, 1.165) is 84.2 Å². The molecule has 10 nitrogen and oxygen atoms in total. The van der Waals surface area contributed by atoms with Crippen molar-refractivity contribution in [2.24, 2.45) is 22.1 Å². The van der Waals surface area contributed by atoms with Gasteiger partial charge in [-0.2, -0.15) is 0 Å². The molecular formula is C44H50N4O6. The van der Waals surface area contributed by atoms with E-state index in [-0.39, 0.29) is 31.2 Å². The van der Waals surface area contributed by atoms with E-state index in [9.17, 15) is 20.1 Å². The summed E-state index contributed by atoms with van der Waals surface area (Å²) in [5.74, 6) is 10.9. The third-order valence-corrected chi connectivity index (χ3v) is 12.0. The third-order valence-electron chi connectivity index (χ3n) is 12.0. The van der Waals surface area contributed by atoms with Crippen LogP contribution in [-0.4, -0.2) is 63.2 Å². The van der Waals surface area contributed by atoms with Crippen LogP contribution in [0.2, 0.25) is 0 Å². The first-order valence-corrected chi connectivity index (χ1v) is 19.6. The van der Waals surface area contributed by atoms with Gasteiger partial charge in [-0.1, -0.05) is 62.1 Å². The number of nitrogens with one attached hydrogen (secondary N) is 1. The highest BCUT2D eigenvalue weighted by molar-refractivity contribution is 6.09. The summed E-state index contributed by atoms with van der Waals surface area (Å²) in [5, 5.41) is 35.7. The molecule has 1 aliphatic carbocycles. The van der Waals surface area contributed by atoms with Gasteiger partial charge in [-0.15, -0.1) is 0 Å². The van der Waals surface area contributed by atoms with Gasteiger partial charge in [0.25, 0.3) is 0 Å². The largest absolute Gasteiger partial charge is 0.465 e. The van der Waals surface area contributed by atoms with Crippen LogP contribution in [0.3, 0.4) is 0 Å². The second-order valence-electron chi connectivity index (χ2n) is 15.7. The Balaban J connectivity index is 1.14. The van der Waals surface area contributed by atoms with E-state index in [2.05, 4.69) is 40.3 Å². The molecule has 2 bridgehead atoms. The number of carbonyl (C=O) groups excluding carboxylic acids is 1. The number of aliphatic hydroxyl groups is 3. The molecule has 0 saturated heterocycles. The van der Waals surface area contributed by atoms with E-state index in [4.69, 9.17) is 20.2 Å². The maximum Gasteiger partial charge on any atom is 0.187 e. The van der Waals surface area contributed by atoms with E-state index in [0.29, 0.717) is 37.3 Å². The lowest BCUT2D eigenvalue weighted by molar-refractivity contribution is -0.121. The number of allylic oxidation sites excluding steroid dienone is 1. The summed E-state index contributed by atoms with van der Waals surface area (Å²) in [6, 6.07) is 9.68. The zero-order valence-corrected chi connectivity index (χ0v) is 30.9. The normalized spacial score (nSPS) is 25.6. The highest BCUT2D eigenvalue weighted by atomic mass is 16.5. The number of hydrogen-bond acceptors (Lipinski definition) is 10. The van der Waals surface area contributed by atoms with Crippen LogP contribution in [0.4, 0.5) is 0 Å². The second-order valence-corrected chi connectivity index (χ2v) is 15.7. The molecule has 0 aromatic heterocycles. The van der Waals surface area contributed by atoms with Gasteiger partial charge in [-0.3, -0.25) is 15.1 Å². The smallest absolute Gasteiger partial charge is 0.187 e. The van der Waals surface area contributed by atoms with Gasteiger partial charge in [0, 0.05) is 43.8 Å². The lowest BCUT2D eigenvalue weighted by Gasteiger charge is -2.39. The number of ketones is 1. The standard InChI is InChI=1S/C44H50N4O6/c1-2-5-29(49)22-31(51)23-30(50)8-6-27-7-13-40-41(20-27)54-43-37(44(17-19-53-40)15-3-4-16-44)11-12-39(52)33-9-10-34-32(14-18-46-42(34)45)35(33)21-28-24-47-38-26-48(43)25-36(28)38/h7,9-10,13,20,24-25,29,31,37,39,42-43,46,49,51-52H,2-6,8,14-16,18,21-23,26,45H2,1H3/t29-,31+,37+,39-,42+,43-/m0/s1. The Morgan fingerprint density at radius 1 is 1.11 bits per heavy atom. The molecule has 2 aromatic rings. The van der Waals surface area contributed by atoms with Crippen molar-refractivity contribution in [2.75, 3.05) is 13.1 Å². The number of Topliss-reactive ketones (excluding diaryl/α,β-unsaturated/α-hetero) is 1. The number of ether oxygens (including phenoxy) is 2. The van der Waals surface area contributed by atoms with Crippen molar-refractivity contribution in [1.29, 1.82) is 0 Å². The summed E-state index contributed by atoms with van der Waals surface area (Å²) in [6.45, 7) is 3.28. The number of rotatable bonds is 9. The quantitative estimate of drug-likeness (QED) is 0.232. The van der Waals surface area contributed by atoms with Crippen LogP contribution in [0.5, 0.6) is 11.5 Å². The SMILES string of the molecule is CCC[C@H](O)C[C@@H](O)CC(=O)CCc1ccc2c(c1)O[C@H]1[C@@H](C#C[C@H](O)c3ccc4c(c3CC3=CN=C5CN1C=C35)CCN[C@H]4N)C1(C#CO2)CCCC1. The molecule has 1 fully saturated rings. The average Bonchev–Trinajstić information content (AvgIpc) is 3.89. The molecular weight excluding hydrogens is 681 g/mol. The minimum Gasteiger partial charge on any atom is -0.465 e. The fraction of sp³-hybridized carbons (Fsp3) is 0.500. The Morgan fingerprint density at radius 3 is 2.78 bits per heavy atom. The summed E-state index contributed by atoms with van der Waals surface area (Å²) in [5.41, 5.74) is 14.1. The molecule has 1 saturated carbocycles. The number of aliphatic hydroxyl groups excluding tert-OH is 3. The number of carbonyl (C=O) groups is 1. The van der Waals surface area contributed by atoms with Gasteiger partial charge in [0.05, 0.1) is 42.0 Å². The van der Waals surface area contributed by atoms with Gasteiger partial charge in [0.15, 0.2) is 17.7 Å². The van der Waals surface area contributed by atoms with Crippen molar-refractivity contribution in [3.63, 3.8) is 0 Å². The number of hydrogen-bond donors (Lipinski definition) is 5. The van der Waals surface area contributed by atoms with E-state index in [1.54, 1.807) is 0 Å². The second kappa shape index (κ2) is 15.4. The highest BCUT2D eigenvalue weighted by Gasteiger charge is 2.48. The summed E-state index contributed by atoms with van der Waals surface area (Å²) < 4.78 is 13.2. The van der Waals surface area contributed by atoms with Crippen LogP contribution >= 0.6 is 0 Å². The Hall–Kier alpha value is -4.42. The number of fused-ring (bicyclic) bond motifs is 8. The summed E-state index contributed by atoms with van der Waals surface area (Å²) in [4.78, 5) is 20.0. The molecule has 1 spiro atoms. The van der Waals surface area contributed by atoms with Gasteiger partial charge in [-0.25, -0.2) is 0 Å². The number of nitrogens with two attached hydrogens (primary N) is 1. The molecule has 0 radical (unpaired) electrons. The fourth-order valence-corrected chi connectivity index (χ4v) is 9.16. The first kappa shape index (κ1) is 36.6. The van der Waals surface area contributed by atoms with Crippen molar-refractivity contribution < 1.29 is 29.6 Å². The third kappa shape index (κ3) is 7.22. The van der Waals surface area contributed by atoms with Crippen LogP contribution in [0.25, 0.3) is 0 Å². The first-order valence-electron chi connectivity index (χ1n) is 19.6. The minimum absolute atomic E-state index is 0.0128. The Bertz CT molecular complexity index is 2020. The average molecular weight is 731 g/mol. The lowest BCUT2D eigenvalue weighted by Crippen LogP contribution is -2.47. The molecule has 8 rings (SSSR count). The molecule has 54 heavy (non-hydrogen) atoms. The maximum atomic E-state index is 12.9. The maximum absolute atomic E-state index is 12.9. The topological polar surface area (TPSA) is 150 Å². The van der Waals surface area contributed by atoms with E-state index >= 15 is 0 Å². The summed E-state index contributed by atoms with van der Waals surface area (Å²) >= 11 is 0. The highest BCUT2D eigenvalue weighted by Crippen LogP contribution is 2.49. The Kier molecular flexibility index (Phi) is 10.4. The van der Waals surface area contributed by atoms with Crippen LogP contribution in [0, 0.1) is 35.2 Å². The molecule has 5 aliphatic heterocycles. The molecule has 5 heterocycles. The first-order chi connectivity index (χ1) is 26.2. The van der Waals surface area contributed by atoms with Gasteiger partial charge < -0.3 is 35.4 Å². The Morgan fingerprint density at radius 2 is 1.94 bits per heavy atom. The van der Waals surface area contributed by atoms with Gasteiger partial charge in [0.2, 0.25) is 0 Å². The molecule has 0 amide bonds. The van der Waals surface area contributed by atoms with Gasteiger partial charge in [0.1, 0.15) is 18.0 Å². The number of nitrogens with zero attached hydrogens (tertiary/aromatic N) is 2. The number of aliphatic imine (C=N–C) groups is 1. The molecule has 10 heteroatoms. The van der Waals surface area contributed by atoms with E-state index < -0.39 is 35.9 Å². The van der Waals surface area contributed by atoms with Crippen LogP contribution in [0.1, 0.15) is 105 Å². The van der Waals surface area contributed by atoms with Crippen molar-refractivity contribution in [1.82, 2.24) is 10.2 Å². The summed E-state index contributed by atoms with van der Waals surface area (Å²) in [7, 11) is 0. The minimum atomic E-state index is -1.03. The molecule has 6 atom stereocenters. The lowest BCUT2D eigenvalue weighted by atomic mass is 9.73. The van der Waals surface area contributed by atoms with Crippen molar-refractivity contribution in [3.8, 4) is 35.4 Å². The number of benzene rings is 2. The van der Waals surface area contributed by atoms with E-state index in [1.165, 1.54) is 5.56 Å². The molecule has 2 aromatic carbocycles. The molecule has 6 aliphatic rings. The van der Waals surface area contributed by atoms with Crippen LogP contribution < -0.4 is 20.5 Å². The van der Waals surface area contributed by atoms with E-state index in [1.807, 2.05) is 43.5 Å². The Labute approximate surface area is 317 Å². The summed E-state index contributed by atoms with van der Waals surface area (Å²) in [6.07, 6.45) is 11.3. The van der Waals surface area contributed by atoms with Gasteiger partial charge >= 0.3 is 0 Å². The van der Waals surface area contributed by atoms with Crippen LogP contribution in [-0.2, 0) is 24.1 Å². The molecule has 0 unspecified atom stereocenters. The monoisotopic (exact) mass is 730 g/mol. The number of aryl methyl sites for hydroxylation is 1. The van der Waals surface area contributed by atoms with Gasteiger partial charge in [-0.05, 0) is 84.0 Å². The van der Waals surface area contributed by atoms with Crippen molar-refractivity contribution in [2.45, 2.75) is 115 Å². The molecule has 282 valence electrons. The predicted molar refractivity (Wildman–Crippen MR) is 205 cm³/mol. The zero-order chi connectivity index (χ0) is 37.4. The fourth-order valence-electron chi connectivity index (χ4n) is 9.16. The predicted octanol–water partition coefficient (Wildman–Crippen LogP) is 4.66. The molecule has 6 N–H and O–H groups in total. The zero-order valence-electron chi connectivity index (χ0n) is 30.9. The van der Waals surface area contributed by atoms with Crippen molar-refractivity contribution >= 4 is 11.5 Å². The van der Waals surface area contributed by atoms with Crippen molar-refractivity contribution in [3.05, 3.63) is 81.7 Å². The van der Waals surface area contributed by atoms with Crippen LogP contribution in [0.15, 0.2) is 58.9 Å².